The monoisotopic (exact) mass is 365 g/mol. The Kier molecular flexibility index (Phi) is 5.00. The molecule has 0 amide bonds. The maximum absolute atomic E-state index is 6.00. The quantitative estimate of drug-likeness (QED) is 0.650. The molecule has 0 radical (unpaired) electrons. The fraction of sp³-hybridized carbons (Fsp3) is 0.125. The largest absolute Gasteiger partial charge is 0.486 e. The summed E-state index contributed by atoms with van der Waals surface area (Å²) in [6.45, 7) is 2.30. The van der Waals surface area contributed by atoms with Crippen molar-refractivity contribution in [3.05, 3.63) is 63.1 Å². The summed E-state index contributed by atoms with van der Waals surface area (Å²) < 4.78 is 5.71. The number of ether oxygens (including phenoxy) is 1. The fourth-order valence-electron chi connectivity index (χ4n) is 1.87. The van der Waals surface area contributed by atoms with E-state index in [0.717, 1.165) is 27.0 Å². The molecule has 118 valence electrons. The zero-order valence-electron chi connectivity index (χ0n) is 12.2. The third-order valence-electron chi connectivity index (χ3n) is 3.05. The molecule has 7 heteroatoms. The van der Waals surface area contributed by atoms with Gasteiger partial charge >= 0.3 is 0 Å². The number of benzene rings is 2. The van der Waals surface area contributed by atoms with E-state index in [1.807, 2.05) is 49.4 Å². The molecule has 0 aliphatic rings. The second-order valence-corrected chi connectivity index (χ2v) is 6.74. The van der Waals surface area contributed by atoms with Crippen LogP contribution >= 0.6 is 34.5 Å². The first-order valence-corrected chi connectivity index (χ1v) is 8.41. The minimum atomic E-state index is 0.362. The van der Waals surface area contributed by atoms with Gasteiger partial charge in [-0.05, 0) is 55.0 Å². The van der Waals surface area contributed by atoms with Gasteiger partial charge < -0.3 is 10.1 Å². The van der Waals surface area contributed by atoms with Crippen LogP contribution in [-0.2, 0) is 6.61 Å². The molecular formula is C16H13Cl2N3OS. The van der Waals surface area contributed by atoms with Gasteiger partial charge in [0.15, 0.2) is 5.01 Å². The van der Waals surface area contributed by atoms with Crippen molar-refractivity contribution in [2.75, 3.05) is 5.32 Å². The molecule has 3 aromatic rings. The molecule has 1 N–H and O–H groups in total. The van der Waals surface area contributed by atoms with E-state index in [0.29, 0.717) is 16.8 Å². The molecule has 0 aliphatic carbocycles. The van der Waals surface area contributed by atoms with E-state index in [1.54, 1.807) is 0 Å². The van der Waals surface area contributed by atoms with E-state index < -0.39 is 0 Å². The van der Waals surface area contributed by atoms with Gasteiger partial charge in [0.05, 0.1) is 0 Å². The Morgan fingerprint density at radius 1 is 1.09 bits per heavy atom. The molecule has 1 heterocycles. The third-order valence-corrected chi connectivity index (χ3v) is 4.54. The molecule has 2 aromatic carbocycles. The van der Waals surface area contributed by atoms with Crippen LogP contribution in [0.1, 0.15) is 10.6 Å². The van der Waals surface area contributed by atoms with Crippen LogP contribution in [0.15, 0.2) is 42.5 Å². The SMILES string of the molecule is Cc1cc(OCc2nnc(Nc3ccc(Cl)cc3)s2)ccc1Cl. The third kappa shape index (κ3) is 4.34. The van der Waals surface area contributed by atoms with Crippen LogP contribution in [0.2, 0.25) is 10.0 Å². The van der Waals surface area contributed by atoms with Gasteiger partial charge in [-0.15, -0.1) is 10.2 Å². The Hall–Kier alpha value is -1.82. The highest BCUT2D eigenvalue weighted by atomic mass is 35.5. The summed E-state index contributed by atoms with van der Waals surface area (Å²) in [5, 5.41) is 14.3. The molecule has 0 bridgehead atoms. The summed E-state index contributed by atoms with van der Waals surface area (Å²) in [6.07, 6.45) is 0. The number of nitrogens with one attached hydrogen (secondary N) is 1. The Balaban J connectivity index is 1.60. The molecule has 4 nitrogen and oxygen atoms in total. The molecule has 0 atom stereocenters. The summed E-state index contributed by atoms with van der Waals surface area (Å²) in [7, 11) is 0. The molecule has 23 heavy (non-hydrogen) atoms. The Morgan fingerprint density at radius 3 is 2.61 bits per heavy atom. The van der Waals surface area contributed by atoms with Crippen LogP contribution in [-0.4, -0.2) is 10.2 Å². The van der Waals surface area contributed by atoms with Crippen molar-refractivity contribution in [1.29, 1.82) is 0 Å². The molecule has 0 aliphatic heterocycles. The average molecular weight is 366 g/mol. The highest BCUT2D eigenvalue weighted by molar-refractivity contribution is 7.15. The van der Waals surface area contributed by atoms with Crippen molar-refractivity contribution < 1.29 is 4.74 Å². The minimum absolute atomic E-state index is 0.362. The van der Waals surface area contributed by atoms with Crippen LogP contribution in [0.4, 0.5) is 10.8 Å². The first kappa shape index (κ1) is 16.1. The summed E-state index contributed by atoms with van der Waals surface area (Å²) >= 11 is 13.3. The van der Waals surface area contributed by atoms with Crippen LogP contribution in [0.5, 0.6) is 5.75 Å². The molecule has 0 fully saturated rings. The number of halogens is 2. The molecule has 0 unspecified atom stereocenters. The summed E-state index contributed by atoms with van der Waals surface area (Å²) in [4.78, 5) is 0. The smallest absolute Gasteiger partial charge is 0.210 e. The second-order valence-electron chi connectivity index (χ2n) is 4.83. The Morgan fingerprint density at radius 2 is 1.87 bits per heavy atom. The lowest BCUT2D eigenvalue weighted by Gasteiger charge is -2.05. The van der Waals surface area contributed by atoms with Crippen molar-refractivity contribution >= 4 is 45.4 Å². The molecule has 0 saturated heterocycles. The zero-order valence-corrected chi connectivity index (χ0v) is 14.5. The number of hydrogen-bond acceptors (Lipinski definition) is 5. The van der Waals surface area contributed by atoms with Crippen molar-refractivity contribution in [3.8, 4) is 5.75 Å². The Labute approximate surface area is 148 Å². The lowest BCUT2D eigenvalue weighted by atomic mass is 10.2. The number of anilines is 2. The summed E-state index contributed by atoms with van der Waals surface area (Å²) in [5.41, 5.74) is 1.89. The van der Waals surface area contributed by atoms with E-state index >= 15 is 0 Å². The maximum Gasteiger partial charge on any atom is 0.210 e. The topological polar surface area (TPSA) is 47.0 Å². The van der Waals surface area contributed by atoms with Crippen LogP contribution < -0.4 is 10.1 Å². The molecule has 3 rings (SSSR count). The zero-order chi connectivity index (χ0) is 16.2. The first-order valence-electron chi connectivity index (χ1n) is 6.84. The van der Waals surface area contributed by atoms with Crippen LogP contribution in [0, 0.1) is 6.92 Å². The van der Waals surface area contributed by atoms with E-state index in [9.17, 15) is 0 Å². The van der Waals surface area contributed by atoms with Gasteiger partial charge in [-0.3, -0.25) is 0 Å². The molecule has 1 aromatic heterocycles. The van der Waals surface area contributed by atoms with Gasteiger partial charge in [-0.1, -0.05) is 34.5 Å². The predicted molar refractivity (Wildman–Crippen MR) is 95.2 cm³/mol. The van der Waals surface area contributed by atoms with Crippen LogP contribution in [0.3, 0.4) is 0 Å². The van der Waals surface area contributed by atoms with E-state index in [2.05, 4.69) is 15.5 Å². The number of hydrogen-bond donors (Lipinski definition) is 1. The van der Waals surface area contributed by atoms with E-state index in [4.69, 9.17) is 27.9 Å². The highest BCUT2D eigenvalue weighted by Gasteiger charge is 2.06. The fourth-order valence-corrected chi connectivity index (χ4v) is 2.79. The minimum Gasteiger partial charge on any atom is -0.486 e. The van der Waals surface area contributed by atoms with Gasteiger partial charge in [0.25, 0.3) is 0 Å². The first-order chi connectivity index (χ1) is 11.1. The number of aromatic nitrogens is 2. The number of nitrogens with zero attached hydrogens (tertiary/aromatic N) is 2. The standard InChI is InChI=1S/C16H13Cl2N3OS/c1-10-8-13(6-7-14(10)18)22-9-15-20-21-16(23-15)19-12-4-2-11(17)3-5-12/h2-8H,9H2,1H3,(H,19,21). The van der Waals surface area contributed by atoms with E-state index in [-0.39, 0.29) is 0 Å². The van der Waals surface area contributed by atoms with Crippen molar-refractivity contribution in [2.45, 2.75) is 13.5 Å². The van der Waals surface area contributed by atoms with Crippen LogP contribution in [0.25, 0.3) is 0 Å². The molecule has 0 saturated carbocycles. The molecule has 0 spiro atoms. The number of rotatable bonds is 5. The van der Waals surface area contributed by atoms with Gasteiger partial charge in [-0.2, -0.15) is 0 Å². The van der Waals surface area contributed by atoms with Gasteiger partial charge in [0.2, 0.25) is 5.13 Å². The van der Waals surface area contributed by atoms with Crippen molar-refractivity contribution in [2.24, 2.45) is 0 Å². The average Bonchev–Trinajstić information content (AvgIpc) is 2.98. The lowest BCUT2D eigenvalue weighted by Crippen LogP contribution is -1.95. The maximum atomic E-state index is 6.00. The normalized spacial score (nSPS) is 10.6. The summed E-state index contributed by atoms with van der Waals surface area (Å²) in [5.74, 6) is 0.759. The van der Waals surface area contributed by atoms with Crippen molar-refractivity contribution in [3.63, 3.8) is 0 Å². The lowest BCUT2D eigenvalue weighted by molar-refractivity contribution is 0.304. The van der Waals surface area contributed by atoms with Gasteiger partial charge in [0.1, 0.15) is 12.4 Å². The van der Waals surface area contributed by atoms with Gasteiger partial charge in [-0.25, -0.2) is 0 Å². The predicted octanol–water partition coefficient (Wildman–Crippen LogP) is 5.48. The van der Waals surface area contributed by atoms with Crippen molar-refractivity contribution in [1.82, 2.24) is 10.2 Å². The number of aryl methyl sites for hydroxylation is 1. The highest BCUT2D eigenvalue weighted by Crippen LogP contribution is 2.24. The second kappa shape index (κ2) is 7.17. The van der Waals surface area contributed by atoms with Gasteiger partial charge in [0, 0.05) is 15.7 Å². The van der Waals surface area contributed by atoms with E-state index in [1.165, 1.54) is 11.3 Å². The summed E-state index contributed by atoms with van der Waals surface area (Å²) in [6, 6.07) is 13.0. The Bertz CT molecular complexity index is 805. The molecular weight excluding hydrogens is 353 g/mol.